The molecule has 2 rings (SSSR count). The van der Waals surface area contributed by atoms with E-state index in [1.54, 1.807) is 0 Å². The fraction of sp³-hybridized carbons (Fsp3) is 0.654. The molecule has 1 heterocycles. The fourth-order valence-electron chi connectivity index (χ4n) is 3.78. The van der Waals surface area contributed by atoms with Crippen molar-refractivity contribution in [3.05, 3.63) is 43.1 Å². The molecule has 1 aliphatic rings. The van der Waals surface area contributed by atoms with Crippen LogP contribution >= 0.6 is 0 Å². The van der Waals surface area contributed by atoms with E-state index in [0.29, 0.717) is 0 Å². The number of methoxy groups -OCH3 is 1. The Balaban J connectivity index is -0.00000108. The molecule has 0 aromatic heterocycles. The number of ether oxygens (including phenoxy) is 1. The molecule has 1 atom stereocenters. The maximum absolute atomic E-state index is 12.6. The molecular formula is C26H44BFeN2O5Si. The van der Waals surface area contributed by atoms with Crippen molar-refractivity contribution < 1.29 is 40.6 Å². The van der Waals surface area contributed by atoms with Gasteiger partial charge in [0.05, 0.1) is 18.6 Å². The number of hydrogen-bond acceptors (Lipinski definition) is 5. The molecule has 0 N–H and O–H groups in total. The molecule has 10 heteroatoms. The van der Waals surface area contributed by atoms with E-state index in [4.69, 9.17) is 18.7 Å². The van der Waals surface area contributed by atoms with Crippen molar-refractivity contribution in [1.29, 1.82) is 0 Å². The third kappa shape index (κ3) is 12.8. The third-order valence-electron chi connectivity index (χ3n) is 5.43. The number of nitrogens with zero attached hydrogens (tertiary/aromatic N) is 2. The minimum absolute atomic E-state index is 0. The van der Waals surface area contributed by atoms with Crippen LogP contribution in [-0.2, 0) is 40.6 Å². The normalized spacial score (nSPS) is 13.9. The van der Waals surface area contributed by atoms with Crippen LogP contribution < -0.4 is 4.90 Å². The maximum atomic E-state index is 12.6. The Morgan fingerprint density at radius 2 is 1.50 bits per heavy atom. The Bertz CT molecular complexity index is 771. The summed E-state index contributed by atoms with van der Waals surface area (Å²) in [6.07, 6.45) is 1.70. The van der Waals surface area contributed by atoms with Crippen molar-refractivity contribution in [2.45, 2.75) is 78.6 Å². The summed E-state index contributed by atoms with van der Waals surface area (Å²) in [4.78, 5) is 17.0. The summed E-state index contributed by atoms with van der Waals surface area (Å²) in [6, 6.07) is 8.24. The monoisotopic (exact) mass is 559 g/mol. The molecule has 1 aromatic rings. The molecule has 0 aliphatic carbocycles. The van der Waals surface area contributed by atoms with E-state index < -0.39 is 5.41 Å². The molecule has 1 aliphatic heterocycles. The van der Waals surface area contributed by atoms with Gasteiger partial charge in [0.2, 0.25) is 0 Å². The zero-order valence-electron chi connectivity index (χ0n) is 23.9. The summed E-state index contributed by atoms with van der Waals surface area (Å²) < 4.78 is 26.7. The standard InChI is InChI=1S/C21H35BN2O3.C3H9Si.2CO.Fe/c1-20(2,3)24-15-9-14-22(24)27-18(21(4,5)19(25)26-8)16-10-12-17(13-11-16)23(6)7;1-4(2)3;2*1-2;/h10-13,18H,9,14-15H2,1-8H3;1-3H3;;;/t18-;;;;/m1..../s1. The SMILES string of the molecule is COC(=O)C(C)(C)[C@H](OB1CCCN1C(C)(C)C)c1ccc(N(C)C)cc1.C[Si](C)C.[C-]#[O+].[C-]#[O+].[Fe]. The molecule has 1 aromatic carbocycles. The van der Waals surface area contributed by atoms with Crippen molar-refractivity contribution in [2.24, 2.45) is 5.41 Å². The Labute approximate surface area is 232 Å². The van der Waals surface area contributed by atoms with Crippen molar-refractivity contribution in [2.75, 3.05) is 32.6 Å². The van der Waals surface area contributed by atoms with Gasteiger partial charge in [0.15, 0.2) is 0 Å². The predicted octanol–water partition coefficient (Wildman–Crippen LogP) is 5.29. The Morgan fingerprint density at radius 1 is 1.06 bits per heavy atom. The zero-order chi connectivity index (χ0) is 28.0. The number of anilines is 1. The van der Waals surface area contributed by atoms with Gasteiger partial charge in [-0.25, -0.2) is 0 Å². The average molecular weight is 559 g/mol. The van der Waals surface area contributed by atoms with Gasteiger partial charge in [-0.05, 0) is 71.6 Å². The minimum Gasteiger partial charge on any atom is 0 e. The van der Waals surface area contributed by atoms with Crippen LogP contribution in [0.15, 0.2) is 24.3 Å². The van der Waals surface area contributed by atoms with Crippen LogP contribution in [0.4, 0.5) is 5.69 Å². The van der Waals surface area contributed by atoms with Crippen LogP contribution in [0.5, 0.6) is 0 Å². The van der Waals surface area contributed by atoms with Crippen molar-refractivity contribution in [3.63, 3.8) is 0 Å². The van der Waals surface area contributed by atoms with E-state index in [2.05, 4.69) is 87.7 Å². The van der Waals surface area contributed by atoms with Crippen LogP contribution in [0.1, 0.15) is 52.7 Å². The van der Waals surface area contributed by atoms with Crippen LogP contribution in [0.25, 0.3) is 0 Å². The second kappa shape index (κ2) is 18.9. The van der Waals surface area contributed by atoms with E-state index in [1.807, 2.05) is 27.9 Å². The first-order chi connectivity index (χ1) is 16.2. The van der Waals surface area contributed by atoms with E-state index in [1.165, 1.54) is 7.11 Å². The zero-order valence-corrected chi connectivity index (χ0v) is 26.0. The molecule has 1 saturated heterocycles. The maximum Gasteiger partial charge on any atom is 0 e. The number of rotatable bonds is 6. The quantitative estimate of drug-likeness (QED) is 0.205. The molecule has 1 fully saturated rings. The molecule has 0 amide bonds. The van der Waals surface area contributed by atoms with Crippen molar-refractivity contribution in [3.8, 4) is 0 Å². The summed E-state index contributed by atoms with van der Waals surface area (Å²) in [5.74, 6) is -0.260. The Morgan fingerprint density at radius 3 is 1.86 bits per heavy atom. The second-order valence-corrected chi connectivity index (χ2v) is 13.7. The summed E-state index contributed by atoms with van der Waals surface area (Å²) in [6.45, 7) is 27.3. The molecule has 7 nitrogen and oxygen atoms in total. The van der Waals surface area contributed by atoms with Crippen LogP contribution in [-0.4, -0.2) is 59.9 Å². The van der Waals surface area contributed by atoms with Crippen molar-refractivity contribution in [1.82, 2.24) is 4.81 Å². The van der Waals surface area contributed by atoms with Crippen LogP contribution in [0.2, 0.25) is 26.0 Å². The van der Waals surface area contributed by atoms with E-state index in [-0.39, 0.29) is 50.5 Å². The number of hydrogen-bond donors (Lipinski definition) is 0. The first-order valence-electron chi connectivity index (χ1n) is 11.7. The van der Waals surface area contributed by atoms with Gasteiger partial charge in [-0.3, -0.25) is 4.79 Å². The van der Waals surface area contributed by atoms with Crippen LogP contribution in [0, 0.1) is 18.7 Å². The van der Waals surface area contributed by atoms with Gasteiger partial charge >= 0.3 is 35.6 Å². The first kappa shape index (κ1) is 39.2. The molecule has 0 saturated carbocycles. The Kier molecular flexibility index (Phi) is 20.5. The van der Waals surface area contributed by atoms with Gasteiger partial charge in [0, 0.05) is 51.2 Å². The van der Waals surface area contributed by atoms with E-state index in [9.17, 15) is 4.79 Å². The van der Waals surface area contributed by atoms with E-state index in [0.717, 1.165) is 30.5 Å². The summed E-state index contributed by atoms with van der Waals surface area (Å²) in [7, 11) is 5.58. The first-order valence-corrected chi connectivity index (χ1v) is 14.7. The molecule has 1 radical (unpaired) electrons. The van der Waals surface area contributed by atoms with Gasteiger partial charge < -0.3 is 19.1 Å². The minimum atomic E-state index is -0.791. The van der Waals surface area contributed by atoms with Crippen molar-refractivity contribution >= 4 is 27.5 Å². The predicted molar refractivity (Wildman–Crippen MR) is 143 cm³/mol. The number of carbonyl (C=O) groups excluding carboxylic acids is 1. The molecule has 0 spiro atoms. The molecule has 203 valence electrons. The van der Waals surface area contributed by atoms with Gasteiger partial charge in [-0.2, -0.15) is 0 Å². The summed E-state index contributed by atoms with van der Waals surface area (Å²) >= 11 is 0. The van der Waals surface area contributed by atoms with Gasteiger partial charge in [0.25, 0.3) is 0 Å². The second-order valence-electron chi connectivity index (χ2n) is 10.7. The fourth-order valence-corrected chi connectivity index (χ4v) is 3.78. The van der Waals surface area contributed by atoms with Gasteiger partial charge in [-0.15, -0.1) is 0 Å². The topological polar surface area (TPSA) is 81.8 Å². The molecular weight excluding hydrogens is 515 g/mol. The number of benzene rings is 1. The third-order valence-corrected chi connectivity index (χ3v) is 5.43. The molecule has 0 unspecified atom stereocenters. The number of esters is 1. The smallest absolute Gasteiger partial charge is 0 e. The summed E-state index contributed by atoms with van der Waals surface area (Å²) in [5, 5.41) is 0. The summed E-state index contributed by atoms with van der Waals surface area (Å²) in [5.41, 5.74) is 1.35. The van der Waals surface area contributed by atoms with Gasteiger partial charge in [-0.1, -0.05) is 31.8 Å². The average Bonchev–Trinajstić information content (AvgIpc) is 3.28. The molecule has 36 heavy (non-hydrogen) atoms. The largest absolute Gasteiger partial charge is 0 e. The van der Waals surface area contributed by atoms with Gasteiger partial charge in [0.1, 0.15) is 0 Å². The Hall–Kier alpha value is -1.31. The van der Waals surface area contributed by atoms with E-state index >= 15 is 0 Å². The molecule has 0 bridgehead atoms. The van der Waals surface area contributed by atoms with Crippen LogP contribution in [0.3, 0.4) is 0 Å². The number of carbonyl (C=O) groups is 1.